The Morgan fingerprint density at radius 3 is 2.39 bits per heavy atom. The summed E-state index contributed by atoms with van der Waals surface area (Å²) in [4.78, 5) is 35.4. The highest BCUT2D eigenvalue weighted by molar-refractivity contribution is 8.47. The molecule has 8 nitrogen and oxygen atoms in total. The number of carbonyl (C=O) groups excluding carboxylic acids is 2. The van der Waals surface area contributed by atoms with E-state index in [0.717, 1.165) is 66.7 Å². The van der Waals surface area contributed by atoms with E-state index in [2.05, 4.69) is 74.2 Å². The number of nitrogens with zero attached hydrogens (tertiary/aromatic N) is 2. The Hall–Kier alpha value is -2.41. The van der Waals surface area contributed by atoms with Crippen LogP contribution in [0.1, 0.15) is 112 Å². The molecule has 3 rings (SSSR count). The number of thioether (sulfide) groups is 2. The number of aromatic nitrogens is 1. The van der Waals surface area contributed by atoms with Crippen molar-refractivity contribution in [1.29, 1.82) is 0 Å². The van der Waals surface area contributed by atoms with Crippen molar-refractivity contribution in [3.8, 4) is 0 Å². The number of hydrogen-bond acceptors (Lipinski definition) is 10. The van der Waals surface area contributed by atoms with Crippen LogP contribution >= 0.6 is 47.3 Å². The third kappa shape index (κ3) is 16.6. The molecule has 3 N–H and O–H groups in total. The number of likely N-dealkylation sites (N-methyl/N-ethyl adjacent to an activating group) is 1. The van der Waals surface area contributed by atoms with Gasteiger partial charge in [0, 0.05) is 46.8 Å². The van der Waals surface area contributed by atoms with E-state index in [4.69, 9.17) is 28.6 Å². The number of nitrogens with one attached hydrogen (secondary N) is 2. The topological polar surface area (TPSA) is 104 Å². The molecular weight excluding hydrogens is 792 g/mol. The van der Waals surface area contributed by atoms with Crippen molar-refractivity contribution in [2.45, 2.75) is 124 Å². The SMILES string of the molecule is CCCSC(=S)SC(C)(CC(C)(CC(CC(C)(C)C)c1ccccc1)C(=O)NCC(C)O)C(=O)OCCN(CC)CCCC(C)Nc1ccnc2cc(Cl)ccc12. The van der Waals surface area contributed by atoms with Gasteiger partial charge in [-0.15, -0.1) is 11.8 Å². The van der Waals surface area contributed by atoms with Crippen LogP contribution in [0.3, 0.4) is 0 Å². The number of esters is 1. The maximum Gasteiger partial charge on any atom is 0.322 e. The van der Waals surface area contributed by atoms with E-state index in [1.165, 1.54) is 11.8 Å². The van der Waals surface area contributed by atoms with Crippen LogP contribution in [0.25, 0.3) is 10.9 Å². The van der Waals surface area contributed by atoms with Gasteiger partial charge in [0.1, 0.15) is 14.9 Å². The monoisotopic (exact) mass is 858 g/mol. The standard InChI is InChI=1S/C45H67ClN4O4S3/c1-10-26-56-42(55)57-45(9,31-44(8,40(52)48-30-33(4)51)29-35(28-43(5,6)7)34-17-13-12-14-18-34)41(53)54-25-24-50(11-2)23-15-16-32(3)49-38-21-22-47-39-27-36(46)19-20-37(38)39/h12-14,17-22,27,32-33,35,51H,10-11,15-16,23-26,28-31H2,1-9H3,(H,47,49)(H,48,52). The van der Waals surface area contributed by atoms with Gasteiger partial charge in [-0.2, -0.15) is 0 Å². The number of carbonyl (C=O) groups is 2. The molecule has 0 saturated heterocycles. The second-order valence-electron chi connectivity index (χ2n) is 17.1. The minimum atomic E-state index is -1.13. The largest absolute Gasteiger partial charge is 0.463 e. The van der Waals surface area contributed by atoms with Gasteiger partial charge in [0.05, 0.1) is 11.6 Å². The number of hydrogen-bond donors (Lipinski definition) is 3. The Bertz CT molecular complexity index is 1730. The molecule has 0 aliphatic heterocycles. The van der Waals surface area contributed by atoms with E-state index in [0.29, 0.717) is 21.5 Å². The number of thiocarbonyl (C=S) groups is 1. The zero-order valence-corrected chi connectivity index (χ0v) is 38.9. The fourth-order valence-electron chi connectivity index (χ4n) is 7.36. The highest BCUT2D eigenvalue weighted by Crippen LogP contribution is 2.47. The zero-order chi connectivity index (χ0) is 42.2. The molecule has 3 aromatic rings. The van der Waals surface area contributed by atoms with Crippen LogP contribution in [0.5, 0.6) is 0 Å². The molecule has 1 aromatic heterocycles. The molecule has 0 bridgehead atoms. The first-order chi connectivity index (χ1) is 26.9. The van der Waals surface area contributed by atoms with Crippen LogP contribution in [0.2, 0.25) is 5.02 Å². The summed E-state index contributed by atoms with van der Waals surface area (Å²) in [6, 6.07) is 18.3. The first-order valence-corrected chi connectivity index (χ1v) is 23.0. The van der Waals surface area contributed by atoms with Crippen LogP contribution in [0.4, 0.5) is 5.69 Å². The number of anilines is 1. The van der Waals surface area contributed by atoms with Crippen LogP contribution in [-0.4, -0.2) is 85.8 Å². The van der Waals surface area contributed by atoms with Crippen molar-refractivity contribution in [3.63, 3.8) is 0 Å². The molecule has 0 aliphatic carbocycles. The average Bonchev–Trinajstić information content (AvgIpc) is 3.14. The Kier molecular flexibility index (Phi) is 20.1. The van der Waals surface area contributed by atoms with Crippen molar-refractivity contribution >= 4 is 79.3 Å². The maximum absolute atomic E-state index is 14.4. The second-order valence-corrected chi connectivity index (χ2v) is 21.3. The molecular formula is C45H67ClN4O4S3. The highest BCUT2D eigenvalue weighted by atomic mass is 35.5. The molecule has 1 heterocycles. The number of aliphatic hydroxyl groups excluding tert-OH is 1. The van der Waals surface area contributed by atoms with Gasteiger partial charge in [0.15, 0.2) is 0 Å². The molecule has 57 heavy (non-hydrogen) atoms. The normalized spacial score (nSPS) is 15.6. The number of rotatable bonds is 23. The molecule has 0 radical (unpaired) electrons. The third-order valence-corrected chi connectivity index (χ3v) is 13.3. The molecule has 0 spiro atoms. The number of aliphatic hydroxyl groups is 1. The lowest BCUT2D eigenvalue weighted by Gasteiger charge is -2.40. The molecule has 5 atom stereocenters. The van der Waals surface area contributed by atoms with E-state index < -0.39 is 16.3 Å². The Labute approximate surface area is 361 Å². The predicted molar refractivity (Wildman–Crippen MR) is 249 cm³/mol. The summed E-state index contributed by atoms with van der Waals surface area (Å²) in [5, 5.41) is 18.5. The molecule has 1 amide bonds. The number of ether oxygens (including phenoxy) is 1. The molecule has 12 heteroatoms. The van der Waals surface area contributed by atoms with Gasteiger partial charge >= 0.3 is 5.97 Å². The predicted octanol–water partition coefficient (Wildman–Crippen LogP) is 10.8. The first kappa shape index (κ1) is 49.0. The van der Waals surface area contributed by atoms with E-state index in [1.54, 1.807) is 24.9 Å². The van der Waals surface area contributed by atoms with Gasteiger partial charge < -0.3 is 25.4 Å². The van der Waals surface area contributed by atoms with Crippen LogP contribution < -0.4 is 10.6 Å². The lowest BCUT2D eigenvalue weighted by atomic mass is 9.69. The number of halogens is 1. The van der Waals surface area contributed by atoms with E-state index in [1.807, 2.05) is 56.3 Å². The second kappa shape index (κ2) is 23.4. The molecule has 316 valence electrons. The van der Waals surface area contributed by atoms with Crippen molar-refractivity contribution < 1.29 is 19.4 Å². The quantitative estimate of drug-likeness (QED) is 0.0631. The summed E-state index contributed by atoms with van der Waals surface area (Å²) in [5.74, 6) is 0.346. The fourth-order valence-corrected chi connectivity index (χ4v) is 10.6. The van der Waals surface area contributed by atoms with Crippen LogP contribution in [0.15, 0.2) is 60.8 Å². The smallest absolute Gasteiger partial charge is 0.322 e. The van der Waals surface area contributed by atoms with E-state index >= 15 is 0 Å². The maximum atomic E-state index is 14.4. The Morgan fingerprint density at radius 1 is 1.02 bits per heavy atom. The minimum Gasteiger partial charge on any atom is -0.463 e. The first-order valence-electron chi connectivity index (χ1n) is 20.5. The zero-order valence-electron chi connectivity index (χ0n) is 35.7. The van der Waals surface area contributed by atoms with Crippen molar-refractivity contribution in [2.75, 3.05) is 43.9 Å². The molecule has 5 unspecified atom stereocenters. The van der Waals surface area contributed by atoms with Crippen molar-refractivity contribution in [1.82, 2.24) is 15.2 Å². The van der Waals surface area contributed by atoms with Crippen molar-refractivity contribution in [3.05, 3.63) is 71.4 Å². The van der Waals surface area contributed by atoms with Gasteiger partial charge in [0.25, 0.3) is 0 Å². The number of fused-ring (bicyclic) bond motifs is 1. The van der Waals surface area contributed by atoms with Gasteiger partial charge in [-0.1, -0.05) is 107 Å². The van der Waals surface area contributed by atoms with Crippen LogP contribution in [0, 0.1) is 10.8 Å². The fraction of sp³-hybridized carbons (Fsp3) is 0.600. The molecule has 0 saturated carbocycles. The third-order valence-electron chi connectivity index (χ3n) is 10.1. The van der Waals surface area contributed by atoms with Gasteiger partial charge in [-0.3, -0.25) is 14.6 Å². The number of benzene rings is 2. The van der Waals surface area contributed by atoms with Gasteiger partial charge in [-0.05, 0) is 119 Å². The van der Waals surface area contributed by atoms with Gasteiger partial charge in [-0.25, -0.2) is 0 Å². The lowest BCUT2D eigenvalue weighted by molar-refractivity contribution is -0.148. The summed E-state index contributed by atoms with van der Waals surface area (Å²) < 4.78 is 5.66. The summed E-state index contributed by atoms with van der Waals surface area (Å²) in [6.07, 6.45) is 5.57. The van der Waals surface area contributed by atoms with Gasteiger partial charge in [0.2, 0.25) is 5.91 Å². The summed E-state index contributed by atoms with van der Waals surface area (Å²) in [5.41, 5.74) is 2.08. The summed E-state index contributed by atoms with van der Waals surface area (Å²) in [6.45, 7) is 21.2. The number of pyridine rings is 1. The highest BCUT2D eigenvalue weighted by Gasteiger charge is 2.48. The van der Waals surface area contributed by atoms with Crippen molar-refractivity contribution in [2.24, 2.45) is 10.8 Å². The van der Waals surface area contributed by atoms with E-state index in [-0.39, 0.29) is 48.8 Å². The Balaban J connectivity index is 1.75. The molecule has 0 aliphatic rings. The van der Waals surface area contributed by atoms with E-state index in [9.17, 15) is 14.7 Å². The summed E-state index contributed by atoms with van der Waals surface area (Å²) in [7, 11) is 0. The number of amides is 1. The molecule has 2 aromatic carbocycles. The average molecular weight is 860 g/mol. The molecule has 0 fully saturated rings. The van der Waals surface area contributed by atoms with Crippen LogP contribution in [-0.2, 0) is 14.3 Å². The minimum absolute atomic E-state index is 0.00368. The summed E-state index contributed by atoms with van der Waals surface area (Å²) >= 11 is 14.9. The lowest BCUT2D eigenvalue weighted by Crippen LogP contribution is -2.49. The Morgan fingerprint density at radius 2 is 1.74 bits per heavy atom.